The fourth-order valence-corrected chi connectivity index (χ4v) is 6.23. The van der Waals surface area contributed by atoms with Crippen molar-refractivity contribution in [2.45, 2.75) is 83.6 Å². The van der Waals surface area contributed by atoms with Gasteiger partial charge in [-0.2, -0.15) is 0 Å². The lowest BCUT2D eigenvalue weighted by Crippen LogP contribution is -2.38. The van der Waals surface area contributed by atoms with Gasteiger partial charge in [-0.25, -0.2) is 0 Å². The van der Waals surface area contributed by atoms with Crippen molar-refractivity contribution in [2.24, 2.45) is 0 Å². The van der Waals surface area contributed by atoms with Crippen molar-refractivity contribution in [1.82, 2.24) is 0 Å². The van der Waals surface area contributed by atoms with Crippen LogP contribution < -0.4 is 10.2 Å². The summed E-state index contributed by atoms with van der Waals surface area (Å²) in [6, 6.07) is 23.6. The lowest BCUT2D eigenvalue weighted by Gasteiger charge is -2.35. The lowest BCUT2D eigenvalue weighted by molar-refractivity contribution is -0.119. The van der Waals surface area contributed by atoms with Crippen LogP contribution in [0.1, 0.15) is 94.9 Å². The Kier molecular flexibility index (Phi) is 8.19. The number of hydrogen-bond donors (Lipinski definition) is 1. The molecule has 0 unspecified atom stereocenters. The second-order valence-corrected chi connectivity index (χ2v) is 12.5. The van der Waals surface area contributed by atoms with Crippen LogP contribution in [0.5, 0.6) is 0 Å². The SMILES string of the molecule is CCCCCC(=O)N1c2ccccc2NC2=C(C(=O)C[C@@H](c3ccc(C(C)(C)C)cc3)C2)[C@H]1c1ccccc1Cl. The van der Waals surface area contributed by atoms with Gasteiger partial charge in [0.25, 0.3) is 0 Å². The lowest BCUT2D eigenvalue weighted by atomic mass is 9.77. The van der Waals surface area contributed by atoms with Gasteiger partial charge in [-0.3, -0.25) is 14.5 Å². The number of rotatable bonds is 6. The van der Waals surface area contributed by atoms with Crippen molar-refractivity contribution in [1.29, 1.82) is 0 Å². The number of fused-ring (bicyclic) bond motifs is 1. The number of carbonyl (C=O) groups excluding carboxylic acids is 2. The Balaban J connectivity index is 1.63. The molecule has 1 aliphatic heterocycles. The number of ketones is 1. The Bertz CT molecular complexity index is 1430. The van der Waals surface area contributed by atoms with E-state index in [4.69, 9.17) is 11.6 Å². The Hall–Kier alpha value is -3.37. The largest absolute Gasteiger partial charge is 0.357 e. The van der Waals surface area contributed by atoms with Gasteiger partial charge < -0.3 is 5.32 Å². The monoisotopic (exact) mass is 554 g/mol. The Morgan fingerprint density at radius 1 is 0.950 bits per heavy atom. The molecule has 2 aliphatic rings. The first kappa shape index (κ1) is 28.2. The van der Waals surface area contributed by atoms with Crippen molar-refractivity contribution in [3.63, 3.8) is 0 Å². The fraction of sp³-hybridized carbons (Fsp3) is 0.371. The first-order valence-electron chi connectivity index (χ1n) is 14.5. The Labute approximate surface area is 243 Å². The molecule has 0 saturated heterocycles. The summed E-state index contributed by atoms with van der Waals surface area (Å²) in [5, 5.41) is 4.17. The van der Waals surface area contributed by atoms with Crippen LogP contribution in [0.15, 0.2) is 84.1 Å². The van der Waals surface area contributed by atoms with E-state index in [1.54, 1.807) is 0 Å². The van der Waals surface area contributed by atoms with Gasteiger partial charge in [0.05, 0.1) is 17.4 Å². The summed E-state index contributed by atoms with van der Waals surface area (Å²) >= 11 is 6.80. The number of amides is 1. The van der Waals surface area contributed by atoms with Crippen molar-refractivity contribution < 1.29 is 9.59 Å². The number of hydrogen-bond acceptors (Lipinski definition) is 3. The number of allylic oxidation sites excluding steroid dienone is 1. The summed E-state index contributed by atoms with van der Waals surface area (Å²) < 4.78 is 0. The van der Waals surface area contributed by atoms with Crippen molar-refractivity contribution in [3.05, 3.63) is 106 Å². The molecular formula is C35H39ClN2O2. The third kappa shape index (κ3) is 5.60. The summed E-state index contributed by atoms with van der Waals surface area (Å²) in [6.07, 6.45) is 4.32. The molecule has 1 amide bonds. The quantitative estimate of drug-likeness (QED) is 0.309. The molecule has 5 heteroatoms. The van der Waals surface area contributed by atoms with Crippen LogP contribution in [-0.4, -0.2) is 11.7 Å². The van der Waals surface area contributed by atoms with E-state index in [-0.39, 0.29) is 23.0 Å². The van der Waals surface area contributed by atoms with Crippen molar-refractivity contribution in [2.75, 3.05) is 10.2 Å². The molecule has 0 bridgehead atoms. The number of nitrogens with zero attached hydrogens (tertiary/aromatic N) is 1. The molecule has 3 aromatic carbocycles. The zero-order chi connectivity index (χ0) is 28.4. The molecule has 0 aromatic heterocycles. The van der Waals surface area contributed by atoms with Gasteiger partial charge in [0, 0.05) is 29.1 Å². The fourth-order valence-electron chi connectivity index (χ4n) is 5.99. The van der Waals surface area contributed by atoms with Crippen LogP contribution >= 0.6 is 11.6 Å². The molecule has 0 saturated carbocycles. The molecule has 40 heavy (non-hydrogen) atoms. The maximum absolute atomic E-state index is 14.2. The molecule has 3 aromatic rings. The minimum Gasteiger partial charge on any atom is -0.357 e. The molecule has 2 atom stereocenters. The average Bonchev–Trinajstić information content (AvgIpc) is 3.07. The summed E-state index contributed by atoms with van der Waals surface area (Å²) in [5.74, 6) is 0.121. The highest BCUT2D eigenvalue weighted by Gasteiger charge is 2.42. The zero-order valence-corrected chi connectivity index (χ0v) is 24.7. The van der Waals surface area contributed by atoms with E-state index >= 15 is 0 Å². The maximum atomic E-state index is 14.2. The number of nitrogens with one attached hydrogen (secondary N) is 1. The second kappa shape index (κ2) is 11.6. The predicted octanol–water partition coefficient (Wildman–Crippen LogP) is 9.12. The molecule has 5 rings (SSSR count). The van der Waals surface area contributed by atoms with Gasteiger partial charge >= 0.3 is 0 Å². The van der Waals surface area contributed by atoms with E-state index in [2.05, 4.69) is 57.3 Å². The second-order valence-electron chi connectivity index (χ2n) is 12.1. The van der Waals surface area contributed by atoms with Crippen LogP contribution in [-0.2, 0) is 15.0 Å². The van der Waals surface area contributed by atoms with E-state index in [1.807, 2.05) is 53.4 Å². The summed E-state index contributed by atoms with van der Waals surface area (Å²) in [4.78, 5) is 30.0. The van der Waals surface area contributed by atoms with Crippen molar-refractivity contribution in [3.8, 4) is 0 Å². The first-order chi connectivity index (χ1) is 19.2. The molecule has 1 heterocycles. The highest BCUT2D eigenvalue weighted by molar-refractivity contribution is 6.31. The number of anilines is 2. The Morgan fingerprint density at radius 2 is 1.65 bits per heavy atom. The van der Waals surface area contributed by atoms with Gasteiger partial charge in [0.2, 0.25) is 5.91 Å². The molecule has 1 N–H and O–H groups in total. The van der Waals surface area contributed by atoms with Gasteiger partial charge in [-0.1, -0.05) is 107 Å². The summed E-state index contributed by atoms with van der Waals surface area (Å²) in [5.41, 5.74) is 6.42. The minimum absolute atomic E-state index is 0.00839. The van der Waals surface area contributed by atoms with E-state index in [9.17, 15) is 9.59 Å². The van der Waals surface area contributed by atoms with Crippen LogP contribution in [0.2, 0.25) is 5.02 Å². The molecule has 4 nitrogen and oxygen atoms in total. The first-order valence-corrected chi connectivity index (χ1v) is 14.9. The third-order valence-corrected chi connectivity index (χ3v) is 8.54. The smallest absolute Gasteiger partial charge is 0.227 e. The summed E-state index contributed by atoms with van der Waals surface area (Å²) in [7, 11) is 0. The minimum atomic E-state index is -0.592. The molecule has 0 spiro atoms. The molecule has 0 radical (unpaired) electrons. The number of benzene rings is 3. The predicted molar refractivity (Wildman–Crippen MR) is 165 cm³/mol. The number of halogens is 1. The average molecular weight is 555 g/mol. The van der Waals surface area contributed by atoms with Crippen LogP contribution in [0.3, 0.4) is 0 Å². The topological polar surface area (TPSA) is 49.4 Å². The molecule has 1 aliphatic carbocycles. The Morgan fingerprint density at radius 3 is 2.35 bits per heavy atom. The highest BCUT2D eigenvalue weighted by atomic mass is 35.5. The van der Waals surface area contributed by atoms with E-state index < -0.39 is 6.04 Å². The standard InChI is InChI=1S/C35H39ClN2O2/c1-5-6-7-16-32(40)38-30-15-11-10-14-28(30)37-29-21-24(23-17-19-25(20-18-23)35(2,3)4)22-31(39)33(29)34(38)26-12-8-9-13-27(26)36/h8-15,17-20,24,34,37H,5-7,16,21-22H2,1-4H3/t24-,34+/m0/s1. The van der Waals surface area contributed by atoms with Gasteiger partial charge in [0.1, 0.15) is 0 Å². The number of unbranched alkanes of at least 4 members (excludes halogenated alkanes) is 2. The molecule has 0 fully saturated rings. The van der Waals surface area contributed by atoms with Crippen LogP contribution in [0.4, 0.5) is 11.4 Å². The molecular weight excluding hydrogens is 516 g/mol. The number of Topliss-reactive ketones (excluding diaryl/α,β-unsaturated/α-hetero) is 1. The summed E-state index contributed by atoms with van der Waals surface area (Å²) in [6.45, 7) is 8.76. The van der Waals surface area contributed by atoms with Gasteiger partial charge in [-0.05, 0) is 59.1 Å². The number of para-hydroxylation sites is 2. The van der Waals surface area contributed by atoms with Gasteiger partial charge in [-0.15, -0.1) is 0 Å². The highest BCUT2D eigenvalue weighted by Crippen LogP contribution is 2.48. The number of carbonyl (C=O) groups is 2. The van der Waals surface area contributed by atoms with Crippen LogP contribution in [0.25, 0.3) is 0 Å². The van der Waals surface area contributed by atoms with E-state index in [0.29, 0.717) is 29.9 Å². The van der Waals surface area contributed by atoms with E-state index in [1.165, 1.54) is 5.56 Å². The zero-order valence-electron chi connectivity index (χ0n) is 24.0. The van der Waals surface area contributed by atoms with Crippen LogP contribution in [0, 0.1) is 0 Å². The van der Waals surface area contributed by atoms with E-state index in [0.717, 1.165) is 47.5 Å². The normalized spacial score (nSPS) is 19.0. The van der Waals surface area contributed by atoms with Crippen molar-refractivity contribution >= 4 is 34.7 Å². The maximum Gasteiger partial charge on any atom is 0.227 e. The third-order valence-electron chi connectivity index (χ3n) is 8.20. The molecule has 208 valence electrons. The van der Waals surface area contributed by atoms with Gasteiger partial charge in [0.15, 0.2) is 5.78 Å².